The van der Waals surface area contributed by atoms with Crippen LogP contribution in [0.2, 0.25) is 5.02 Å². The number of aromatic nitrogens is 6. The third-order valence-electron chi connectivity index (χ3n) is 4.97. The van der Waals surface area contributed by atoms with E-state index >= 15 is 0 Å². The quantitative estimate of drug-likeness (QED) is 0.266. The van der Waals surface area contributed by atoms with E-state index in [9.17, 15) is 14.3 Å². The van der Waals surface area contributed by atoms with Crippen LogP contribution in [0.3, 0.4) is 0 Å². The predicted octanol–water partition coefficient (Wildman–Crippen LogP) is 3.10. The molecular weight excluding hydrogens is 455 g/mol. The molecule has 2 N–H and O–H groups in total. The fourth-order valence-corrected chi connectivity index (χ4v) is 4.87. The number of unbranched alkanes of at least 4 members (excludes halogenated alkanes) is 1. The van der Waals surface area contributed by atoms with Gasteiger partial charge < -0.3 is 19.2 Å². The molecule has 0 aliphatic rings. The number of rotatable bonds is 10. The molecule has 12 heteroatoms. The van der Waals surface area contributed by atoms with Gasteiger partial charge in [-0.2, -0.15) is 0 Å². The number of H-pyrrole nitrogens is 1. The Bertz CT molecular complexity index is 1290. The maximum atomic E-state index is 12.4. The lowest BCUT2D eigenvalue weighted by Crippen LogP contribution is -2.16. The molecule has 1 unspecified atom stereocenters. The highest BCUT2D eigenvalue weighted by atomic mass is 35.5. The Balaban J connectivity index is 1.43. The number of aromatic amines is 1. The van der Waals surface area contributed by atoms with Crippen LogP contribution in [0.1, 0.15) is 18.7 Å². The van der Waals surface area contributed by atoms with Gasteiger partial charge in [0.05, 0.1) is 12.9 Å². The molecule has 0 saturated carbocycles. The van der Waals surface area contributed by atoms with Gasteiger partial charge in [-0.1, -0.05) is 11.6 Å². The zero-order valence-corrected chi connectivity index (χ0v) is 18.7. The third kappa shape index (κ3) is 5.09. The fraction of sp³-hybridized carbons (Fsp3) is 0.300. The molecule has 10 nitrogen and oxygen atoms in total. The monoisotopic (exact) mass is 476 g/mol. The second-order valence-electron chi connectivity index (χ2n) is 7.17. The number of fused-ring (bicyclic) bond motifs is 1. The Hall–Kier alpha value is -2.94. The molecule has 0 bridgehead atoms. The van der Waals surface area contributed by atoms with Gasteiger partial charge in [-0.3, -0.25) is 13.7 Å². The lowest BCUT2D eigenvalue weighted by molar-refractivity contribution is 0.298. The molecule has 0 saturated heterocycles. The highest BCUT2D eigenvalue weighted by Crippen LogP contribution is 2.42. The molecule has 0 spiro atoms. The van der Waals surface area contributed by atoms with E-state index in [0.717, 1.165) is 0 Å². The number of aryl methyl sites for hydroxylation is 1. The van der Waals surface area contributed by atoms with E-state index in [1.807, 2.05) is 0 Å². The minimum Gasteiger partial charge on any atom is -0.492 e. The van der Waals surface area contributed by atoms with Crippen molar-refractivity contribution in [3.05, 3.63) is 70.5 Å². The van der Waals surface area contributed by atoms with Gasteiger partial charge in [0.15, 0.2) is 11.2 Å². The van der Waals surface area contributed by atoms with Crippen LogP contribution in [-0.2, 0) is 17.5 Å². The average molecular weight is 477 g/mol. The Labute approximate surface area is 188 Å². The van der Waals surface area contributed by atoms with Gasteiger partial charge in [0.1, 0.15) is 24.5 Å². The fourth-order valence-electron chi connectivity index (χ4n) is 3.39. The van der Waals surface area contributed by atoms with Crippen molar-refractivity contribution in [1.29, 1.82) is 0 Å². The third-order valence-corrected chi connectivity index (χ3v) is 7.08. The molecule has 3 heterocycles. The van der Waals surface area contributed by atoms with Crippen LogP contribution in [0.5, 0.6) is 5.75 Å². The van der Waals surface area contributed by atoms with E-state index in [4.69, 9.17) is 16.3 Å². The maximum Gasteiger partial charge on any atom is 0.298 e. The Morgan fingerprint density at radius 1 is 1.22 bits per heavy atom. The van der Waals surface area contributed by atoms with E-state index in [1.165, 1.54) is 29.4 Å². The number of hydrogen-bond donors (Lipinski definition) is 2. The van der Waals surface area contributed by atoms with Gasteiger partial charge in [0, 0.05) is 30.0 Å². The summed E-state index contributed by atoms with van der Waals surface area (Å²) < 4.78 is 21.2. The number of hydrogen-bond acceptors (Lipinski definition) is 6. The summed E-state index contributed by atoms with van der Waals surface area (Å²) in [5, 5.41) is 0.623. The summed E-state index contributed by atoms with van der Waals surface area (Å²) in [4.78, 5) is 37.7. The van der Waals surface area contributed by atoms with E-state index < -0.39 is 7.52 Å². The van der Waals surface area contributed by atoms with E-state index in [1.54, 1.807) is 28.8 Å². The lowest BCUT2D eigenvalue weighted by atomic mass is 10.2. The summed E-state index contributed by atoms with van der Waals surface area (Å²) >= 11 is 5.90. The Morgan fingerprint density at radius 3 is 2.78 bits per heavy atom. The largest absolute Gasteiger partial charge is 0.492 e. The van der Waals surface area contributed by atoms with Crippen LogP contribution in [0.15, 0.2) is 54.1 Å². The van der Waals surface area contributed by atoms with Crippen molar-refractivity contribution in [3.8, 4) is 5.75 Å². The van der Waals surface area contributed by atoms with Crippen LogP contribution < -0.4 is 10.3 Å². The second-order valence-corrected chi connectivity index (χ2v) is 9.85. The summed E-state index contributed by atoms with van der Waals surface area (Å²) in [5.74, 6) is 1.35. The van der Waals surface area contributed by atoms with Crippen molar-refractivity contribution in [2.75, 3.05) is 12.8 Å². The van der Waals surface area contributed by atoms with Crippen molar-refractivity contribution < 1.29 is 14.2 Å². The number of nitrogens with zero attached hydrogens (tertiary/aromatic N) is 5. The Kier molecular flexibility index (Phi) is 6.74. The van der Waals surface area contributed by atoms with Crippen LogP contribution in [0.4, 0.5) is 0 Å². The summed E-state index contributed by atoms with van der Waals surface area (Å²) in [6, 6.07) is 7.04. The molecule has 0 fully saturated rings. The molecule has 0 aliphatic carbocycles. The standard InChI is InChI=1S/C20H22ClN6O4P/c21-15-4-6-16(7-5-15)31-11-10-27-17(25-19-18(27)20(28)24-13-23-19)3-1-2-12-32(29,30)26-9-8-22-14-26/h4-9,13-14H,1-3,10-12H2,(H,29,30)(H,23,24,28). The van der Waals surface area contributed by atoms with Crippen molar-refractivity contribution in [2.24, 2.45) is 0 Å². The highest BCUT2D eigenvalue weighted by Gasteiger charge is 2.20. The molecule has 0 radical (unpaired) electrons. The molecule has 0 amide bonds. The highest BCUT2D eigenvalue weighted by molar-refractivity contribution is 7.56. The predicted molar refractivity (Wildman–Crippen MR) is 120 cm³/mol. The van der Waals surface area contributed by atoms with Gasteiger partial charge in [0.25, 0.3) is 13.1 Å². The number of nitrogens with one attached hydrogen (secondary N) is 1. The Morgan fingerprint density at radius 2 is 2.03 bits per heavy atom. The van der Waals surface area contributed by atoms with Gasteiger partial charge in [0.2, 0.25) is 0 Å². The molecule has 168 valence electrons. The van der Waals surface area contributed by atoms with Crippen LogP contribution in [0, 0.1) is 0 Å². The van der Waals surface area contributed by atoms with Gasteiger partial charge in [-0.25, -0.2) is 15.0 Å². The second kappa shape index (κ2) is 9.68. The minimum absolute atomic E-state index is 0.127. The summed E-state index contributed by atoms with van der Waals surface area (Å²) in [5.41, 5.74) is 0.468. The molecule has 1 aromatic carbocycles. The summed E-state index contributed by atoms with van der Waals surface area (Å²) in [6.07, 6.45) is 7.42. The molecule has 32 heavy (non-hydrogen) atoms. The van der Waals surface area contributed by atoms with Crippen LogP contribution in [0.25, 0.3) is 11.2 Å². The van der Waals surface area contributed by atoms with Gasteiger partial charge >= 0.3 is 0 Å². The lowest BCUT2D eigenvalue weighted by Gasteiger charge is -2.12. The van der Waals surface area contributed by atoms with E-state index in [0.29, 0.717) is 60.2 Å². The first-order chi connectivity index (χ1) is 15.4. The van der Waals surface area contributed by atoms with Crippen molar-refractivity contribution in [1.82, 2.24) is 28.8 Å². The topological polar surface area (TPSA) is 128 Å². The summed E-state index contributed by atoms with van der Waals surface area (Å²) in [7, 11) is -3.49. The normalized spacial score (nSPS) is 13.3. The van der Waals surface area contributed by atoms with E-state index in [2.05, 4.69) is 19.9 Å². The number of imidazole rings is 2. The van der Waals surface area contributed by atoms with Crippen molar-refractivity contribution >= 4 is 30.3 Å². The number of ether oxygens (including phenoxy) is 1. The molecule has 4 rings (SSSR count). The first-order valence-corrected chi connectivity index (χ1v) is 12.2. The molecule has 0 aliphatic heterocycles. The average Bonchev–Trinajstić information content (AvgIpc) is 3.42. The van der Waals surface area contributed by atoms with Crippen LogP contribution >= 0.6 is 19.1 Å². The summed E-state index contributed by atoms with van der Waals surface area (Å²) in [6.45, 7) is 0.720. The molecule has 1 atom stereocenters. The zero-order chi connectivity index (χ0) is 22.6. The first-order valence-electron chi connectivity index (χ1n) is 10.1. The zero-order valence-electron chi connectivity index (χ0n) is 17.1. The van der Waals surface area contributed by atoms with Crippen molar-refractivity contribution in [2.45, 2.75) is 25.8 Å². The van der Waals surface area contributed by atoms with E-state index in [-0.39, 0.29) is 11.7 Å². The molecule has 4 aromatic rings. The van der Waals surface area contributed by atoms with Gasteiger partial charge in [-0.05, 0) is 37.1 Å². The first kappa shape index (κ1) is 22.3. The van der Waals surface area contributed by atoms with Crippen LogP contribution in [-0.4, -0.2) is 46.5 Å². The number of benzene rings is 1. The minimum atomic E-state index is -3.49. The molecular formula is C20H22ClN6O4P. The molecule has 3 aromatic heterocycles. The SMILES string of the molecule is O=c1[nH]cnc2nc(CCCCP(=O)(O)n3ccnc3)n(CCOc3ccc(Cl)cc3)c12. The van der Waals surface area contributed by atoms with Crippen molar-refractivity contribution in [3.63, 3.8) is 0 Å². The number of halogens is 1. The van der Waals surface area contributed by atoms with Gasteiger partial charge in [-0.15, -0.1) is 0 Å². The maximum absolute atomic E-state index is 12.4. The smallest absolute Gasteiger partial charge is 0.298 e.